The van der Waals surface area contributed by atoms with Crippen LogP contribution >= 0.6 is 11.6 Å². The quantitative estimate of drug-likeness (QED) is 0.885. The van der Waals surface area contributed by atoms with Crippen LogP contribution in [0, 0.1) is 23.2 Å². The molecular weight excluding hydrogens is 332 g/mol. The summed E-state index contributed by atoms with van der Waals surface area (Å²) >= 11 is 6.06. The third-order valence-electron chi connectivity index (χ3n) is 7.09. The molecule has 2 N–H and O–H groups in total. The lowest BCUT2D eigenvalue weighted by molar-refractivity contribution is -0.146. The van der Waals surface area contributed by atoms with Crippen LogP contribution < -0.4 is 5.73 Å². The maximum atomic E-state index is 13.8. The molecule has 3 aliphatic rings. The number of fused-ring (bicyclic) bond motifs is 2. The molecule has 1 heterocycles. The van der Waals surface area contributed by atoms with Crippen molar-refractivity contribution in [3.63, 3.8) is 0 Å². The summed E-state index contributed by atoms with van der Waals surface area (Å²) in [5.41, 5.74) is 6.94. The van der Waals surface area contributed by atoms with Gasteiger partial charge in [0.05, 0.1) is 5.41 Å². The fourth-order valence-electron chi connectivity index (χ4n) is 5.85. The van der Waals surface area contributed by atoms with Crippen LogP contribution in [0.1, 0.15) is 44.6 Å². The summed E-state index contributed by atoms with van der Waals surface area (Å²) in [6.07, 6.45) is 6.74. The lowest BCUT2D eigenvalue weighted by atomic mass is 9.68. The van der Waals surface area contributed by atoms with Gasteiger partial charge in [0.1, 0.15) is 0 Å². The molecule has 136 valence electrons. The number of nitrogens with two attached hydrogens (primary N) is 1. The predicted molar refractivity (Wildman–Crippen MR) is 101 cm³/mol. The highest BCUT2D eigenvalue weighted by molar-refractivity contribution is 6.30. The summed E-state index contributed by atoms with van der Waals surface area (Å²) in [5.74, 6) is 2.15. The molecule has 0 spiro atoms. The smallest absolute Gasteiger partial charge is 0.229 e. The zero-order valence-electron chi connectivity index (χ0n) is 15.1. The van der Waals surface area contributed by atoms with Crippen molar-refractivity contribution in [2.24, 2.45) is 28.9 Å². The second kappa shape index (κ2) is 6.59. The van der Waals surface area contributed by atoms with Gasteiger partial charge in [0.2, 0.25) is 5.91 Å². The molecule has 0 radical (unpaired) electrons. The number of carbonyl (C=O) groups excluding carboxylic acids is 1. The van der Waals surface area contributed by atoms with E-state index in [0.29, 0.717) is 30.3 Å². The van der Waals surface area contributed by atoms with Gasteiger partial charge in [-0.05, 0) is 81.0 Å². The van der Waals surface area contributed by atoms with Gasteiger partial charge in [-0.15, -0.1) is 0 Å². The normalized spacial score (nSPS) is 37.0. The lowest BCUT2D eigenvalue weighted by Gasteiger charge is -2.41. The Morgan fingerprint density at radius 2 is 2.04 bits per heavy atom. The van der Waals surface area contributed by atoms with Crippen molar-refractivity contribution in [2.45, 2.75) is 51.5 Å². The van der Waals surface area contributed by atoms with Gasteiger partial charge in [0.25, 0.3) is 0 Å². The number of amides is 1. The maximum absolute atomic E-state index is 13.8. The summed E-state index contributed by atoms with van der Waals surface area (Å²) in [6.45, 7) is 3.72. The van der Waals surface area contributed by atoms with Gasteiger partial charge in [0, 0.05) is 17.6 Å². The van der Waals surface area contributed by atoms with Crippen molar-refractivity contribution in [3.8, 4) is 0 Å². The summed E-state index contributed by atoms with van der Waals surface area (Å²) in [7, 11) is 0. The Balaban J connectivity index is 1.62. The Bertz CT molecular complexity index is 646. The molecule has 25 heavy (non-hydrogen) atoms. The highest BCUT2D eigenvalue weighted by Crippen LogP contribution is 2.58. The Labute approximate surface area is 155 Å². The second-order valence-corrected chi connectivity index (χ2v) is 9.12. The molecule has 4 heteroatoms. The third-order valence-corrected chi connectivity index (χ3v) is 7.34. The van der Waals surface area contributed by atoms with E-state index in [4.69, 9.17) is 17.3 Å². The van der Waals surface area contributed by atoms with Gasteiger partial charge in [0.15, 0.2) is 0 Å². The zero-order chi connectivity index (χ0) is 17.6. The first-order valence-corrected chi connectivity index (χ1v) is 10.1. The van der Waals surface area contributed by atoms with Crippen molar-refractivity contribution < 1.29 is 4.79 Å². The summed E-state index contributed by atoms with van der Waals surface area (Å²) in [6, 6.07) is 8.41. The van der Waals surface area contributed by atoms with E-state index in [9.17, 15) is 4.79 Å². The van der Waals surface area contributed by atoms with E-state index in [0.717, 1.165) is 36.7 Å². The number of likely N-dealkylation sites (tertiary alicyclic amines) is 1. The zero-order valence-corrected chi connectivity index (χ0v) is 15.8. The fourth-order valence-corrected chi connectivity index (χ4v) is 5.97. The van der Waals surface area contributed by atoms with Crippen LogP contribution in [0.25, 0.3) is 0 Å². The van der Waals surface area contributed by atoms with Gasteiger partial charge in [-0.3, -0.25) is 4.79 Å². The van der Waals surface area contributed by atoms with E-state index >= 15 is 0 Å². The first kappa shape index (κ1) is 17.4. The van der Waals surface area contributed by atoms with Crippen LogP contribution in [0.5, 0.6) is 0 Å². The molecule has 4 rings (SSSR count). The largest absolute Gasteiger partial charge is 0.339 e. The molecule has 1 aliphatic heterocycles. The maximum Gasteiger partial charge on any atom is 0.229 e. The topological polar surface area (TPSA) is 46.3 Å². The average Bonchev–Trinajstić information content (AvgIpc) is 3.30. The molecule has 2 aliphatic carbocycles. The Morgan fingerprint density at radius 1 is 1.28 bits per heavy atom. The molecule has 5 atom stereocenters. The molecule has 1 saturated heterocycles. The number of nitrogens with zero attached hydrogens (tertiary/aromatic N) is 1. The highest BCUT2D eigenvalue weighted by Gasteiger charge is 2.57. The monoisotopic (exact) mass is 360 g/mol. The molecule has 3 fully saturated rings. The van der Waals surface area contributed by atoms with E-state index in [-0.39, 0.29) is 5.41 Å². The van der Waals surface area contributed by atoms with Gasteiger partial charge in [-0.2, -0.15) is 0 Å². The second-order valence-electron chi connectivity index (χ2n) is 8.68. The van der Waals surface area contributed by atoms with Gasteiger partial charge >= 0.3 is 0 Å². The number of carbonyl (C=O) groups is 1. The van der Waals surface area contributed by atoms with Crippen molar-refractivity contribution in [1.29, 1.82) is 0 Å². The van der Waals surface area contributed by atoms with Gasteiger partial charge in [-0.1, -0.05) is 30.2 Å². The Hall–Kier alpha value is -1.06. The van der Waals surface area contributed by atoms with Crippen LogP contribution in [0.2, 0.25) is 5.02 Å². The summed E-state index contributed by atoms with van der Waals surface area (Å²) < 4.78 is 0. The Kier molecular flexibility index (Phi) is 4.57. The van der Waals surface area contributed by atoms with Crippen LogP contribution in [0.15, 0.2) is 24.3 Å². The van der Waals surface area contributed by atoms with Crippen LogP contribution in [-0.2, 0) is 11.2 Å². The summed E-state index contributed by atoms with van der Waals surface area (Å²) in [4.78, 5) is 15.9. The number of hydrogen-bond donors (Lipinski definition) is 1. The average molecular weight is 361 g/mol. The number of rotatable bonds is 4. The minimum Gasteiger partial charge on any atom is -0.339 e. The van der Waals surface area contributed by atoms with E-state index in [1.54, 1.807) is 0 Å². The minimum atomic E-state index is -0.200. The van der Waals surface area contributed by atoms with Crippen LogP contribution in [-0.4, -0.2) is 29.9 Å². The number of halogens is 1. The molecule has 2 bridgehead atoms. The minimum absolute atomic E-state index is 0.200. The highest BCUT2D eigenvalue weighted by atomic mass is 35.5. The molecule has 1 aromatic rings. The molecule has 1 amide bonds. The molecule has 3 nitrogen and oxygen atoms in total. The number of hydrogen-bond acceptors (Lipinski definition) is 2. The van der Waals surface area contributed by atoms with E-state index in [1.807, 2.05) is 12.1 Å². The SMILES string of the molecule is CC1CC(CN)CN1C(=O)C1(Cc2ccc(Cl)cc2)CC2CCC1C2. The van der Waals surface area contributed by atoms with Crippen LogP contribution in [0.3, 0.4) is 0 Å². The standard InChI is InChI=1S/C21H29ClN2O/c1-14-8-17(12-23)13-24(14)20(25)21(11-16-2-5-18(21)9-16)10-15-3-6-19(22)7-4-15/h3-4,6-7,14,16-18H,2,5,8-13,23H2,1H3. The molecule has 0 aromatic heterocycles. The Morgan fingerprint density at radius 3 is 2.60 bits per heavy atom. The molecule has 5 unspecified atom stereocenters. The van der Waals surface area contributed by atoms with Crippen molar-refractivity contribution in [1.82, 2.24) is 4.90 Å². The summed E-state index contributed by atoms with van der Waals surface area (Å²) in [5, 5.41) is 0.760. The van der Waals surface area contributed by atoms with Crippen molar-refractivity contribution in [2.75, 3.05) is 13.1 Å². The van der Waals surface area contributed by atoms with Gasteiger partial charge < -0.3 is 10.6 Å². The lowest BCUT2D eigenvalue weighted by Crippen LogP contribution is -2.49. The van der Waals surface area contributed by atoms with Gasteiger partial charge in [-0.25, -0.2) is 0 Å². The van der Waals surface area contributed by atoms with E-state index < -0.39 is 0 Å². The number of benzene rings is 1. The van der Waals surface area contributed by atoms with E-state index in [2.05, 4.69) is 24.0 Å². The molecule has 1 aromatic carbocycles. The van der Waals surface area contributed by atoms with Crippen LogP contribution in [0.4, 0.5) is 0 Å². The van der Waals surface area contributed by atoms with E-state index in [1.165, 1.54) is 24.8 Å². The predicted octanol–water partition coefficient (Wildman–Crippen LogP) is 3.88. The molecule has 2 saturated carbocycles. The third kappa shape index (κ3) is 3.00. The van der Waals surface area contributed by atoms with Crippen molar-refractivity contribution in [3.05, 3.63) is 34.9 Å². The first-order chi connectivity index (χ1) is 12.0. The van der Waals surface area contributed by atoms with Crippen molar-refractivity contribution >= 4 is 17.5 Å². The fraction of sp³-hybridized carbons (Fsp3) is 0.667. The first-order valence-electron chi connectivity index (χ1n) is 9.77. The molecular formula is C21H29ClN2O.